The van der Waals surface area contributed by atoms with E-state index in [1.54, 1.807) is 0 Å². The van der Waals surface area contributed by atoms with Crippen LogP contribution >= 0.6 is 27.3 Å². The molecule has 1 aromatic rings. The molecule has 0 aliphatic carbocycles. The smallest absolute Gasteiger partial charge is 0.253 e. The largest absolute Gasteiger partial charge is 0.333 e. The van der Waals surface area contributed by atoms with E-state index in [-0.39, 0.29) is 6.61 Å². The predicted octanol–water partition coefficient (Wildman–Crippen LogP) is 1.54. The van der Waals surface area contributed by atoms with Crippen LogP contribution in [0.15, 0.2) is 10.5 Å². The van der Waals surface area contributed by atoms with E-state index in [1.807, 2.05) is 13.0 Å². The Bertz CT molecular complexity index is 379. The molecule has 0 aliphatic heterocycles. The molecule has 0 unspecified atom stereocenters. The molecule has 1 heterocycles. The van der Waals surface area contributed by atoms with Gasteiger partial charge in [-0.25, -0.2) is 5.14 Å². The number of rotatable bonds is 3. The van der Waals surface area contributed by atoms with Gasteiger partial charge >= 0.3 is 10.3 Å². The highest BCUT2D eigenvalue weighted by atomic mass is 79.9. The summed E-state index contributed by atoms with van der Waals surface area (Å²) >= 11 is 4.77. The Morgan fingerprint density at radius 2 is 2.31 bits per heavy atom. The quantitative estimate of drug-likeness (QED) is 0.916. The summed E-state index contributed by atoms with van der Waals surface area (Å²) in [6.45, 7) is 1.92. The van der Waals surface area contributed by atoms with Crippen LogP contribution in [0, 0.1) is 6.92 Å². The zero-order valence-corrected chi connectivity index (χ0v) is 10.0. The summed E-state index contributed by atoms with van der Waals surface area (Å²) < 4.78 is 26.3. The number of hydrogen-bond acceptors (Lipinski definition) is 4. The summed E-state index contributed by atoms with van der Waals surface area (Å²) in [7, 11) is -3.83. The fourth-order valence-electron chi connectivity index (χ4n) is 0.729. The van der Waals surface area contributed by atoms with E-state index < -0.39 is 10.3 Å². The van der Waals surface area contributed by atoms with Crippen molar-refractivity contribution in [3.63, 3.8) is 0 Å². The van der Waals surface area contributed by atoms with Crippen molar-refractivity contribution in [3.8, 4) is 0 Å². The van der Waals surface area contributed by atoms with Crippen LogP contribution in [-0.2, 0) is 21.1 Å². The fourth-order valence-corrected chi connectivity index (χ4v) is 2.61. The highest BCUT2D eigenvalue weighted by Gasteiger charge is 2.06. The molecule has 0 saturated heterocycles. The lowest BCUT2D eigenvalue weighted by Crippen LogP contribution is -2.15. The Morgan fingerprint density at radius 3 is 2.69 bits per heavy atom. The summed E-state index contributed by atoms with van der Waals surface area (Å²) in [4.78, 5) is 1.89. The average Bonchev–Trinajstić information content (AvgIpc) is 2.27. The van der Waals surface area contributed by atoms with Crippen molar-refractivity contribution in [1.82, 2.24) is 0 Å². The second-order valence-corrected chi connectivity index (χ2v) is 5.79. The van der Waals surface area contributed by atoms with Gasteiger partial charge in [0.25, 0.3) is 0 Å². The standard InChI is InChI=1S/C6H8BrNO3S2/c1-4-6(7)2-5(12-4)3-11-13(8,9)10/h2H,3H2,1H3,(H2,8,9,10). The van der Waals surface area contributed by atoms with Crippen molar-refractivity contribution in [2.75, 3.05) is 0 Å². The van der Waals surface area contributed by atoms with Crippen molar-refractivity contribution in [2.45, 2.75) is 13.5 Å². The van der Waals surface area contributed by atoms with Crippen molar-refractivity contribution in [2.24, 2.45) is 5.14 Å². The number of halogens is 1. The zero-order valence-electron chi connectivity index (χ0n) is 6.78. The van der Waals surface area contributed by atoms with E-state index in [2.05, 4.69) is 25.3 Å². The highest BCUT2D eigenvalue weighted by Crippen LogP contribution is 2.26. The molecule has 13 heavy (non-hydrogen) atoms. The minimum atomic E-state index is -3.83. The van der Waals surface area contributed by atoms with Crippen molar-refractivity contribution in [3.05, 3.63) is 20.3 Å². The van der Waals surface area contributed by atoms with Gasteiger partial charge in [0.05, 0.1) is 0 Å². The van der Waals surface area contributed by atoms with Crippen LogP contribution in [-0.4, -0.2) is 8.42 Å². The molecular weight excluding hydrogens is 278 g/mol. The summed E-state index contributed by atoms with van der Waals surface area (Å²) in [6, 6.07) is 1.81. The Morgan fingerprint density at radius 1 is 1.69 bits per heavy atom. The third-order valence-electron chi connectivity index (χ3n) is 1.27. The van der Waals surface area contributed by atoms with E-state index in [1.165, 1.54) is 11.3 Å². The molecule has 0 bridgehead atoms. The number of thiophene rings is 1. The van der Waals surface area contributed by atoms with E-state index in [0.29, 0.717) is 0 Å². The van der Waals surface area contributed by atoms with Gasteiger partial charge in [-0.15, -0.1) is 11.3 Å². The lowest BCUT2D eigenvalue weighted by Gasteiger charge is -1.96. The van der Waals surface area contributed by atoms with Crippen molar-refractivity contribution < 1.29 is 12.6 Å². The minimum Gasteiger partial charge on any atom is -0.253 e. The third kappa shape index (κ3) is 3.74. The third-order valence-corrected chi connectivity index (χ3v) is 3.83. The molecule has 0 aromatic carbocycles. The van der Waals surface area contributed by atoms with Gasteiger partial charge in [0, 0.05) is 14.2 Å². The van der Waals surface area contributed by atoms with Gasteiger partial charge in [0.1, 0.15) is 6.61 Å². The van der Waals surface area contributed by atoms with Gasteiger partial charge in [0.2, 0.25) is 0 Å². The molecule has 74 valence electrons. The first-order chi connectivity index (χ1) is 5.88. The summed E-state index contributed by atoms with van der Waals surface area (Å²) in [5.74, 6) is 0. The molecule has 7 heteroatoms. The normalized spacial score (nSPS) is 11.9. The Labute approximate surface area is 89.1 Å². The Balaban J connectivity index is 2.66. The maximum Gasteiger partial charge on any atom is 0.333 e. The van der Waals surface area contributed by atoms with Gasteiger partial charge in [-0.3, -0.25) is 4.18 Å². The molecule has 2 N–H and O–H groups in total. The minimum absolute atomic E-state index is 0.00403. The second kappa shape index (κ2) is 4.05. The summed E-state index contributed by atoms with van der Waals surface area (Å²) in [6.07, 6.45) is 0. The van der Waals surface area contributed by atoms with Crippen LogP contribution in [0.4, 0.5) is 0 Å². The van der Waals surface area contributed by atoms with Crippen LogP contribution in [0.5, 0.6) is 0 Å². The maximum atomic E-state index is 10.4. The molecule has 0 fully saturated rings. The second-order valence-electron chi connectivity index (χ2n) is 2.37. The van der Waals surface area contributed by atoms with Crippen LogP contribution in [0.3, 0.4) is 0 Å². The van der Waals surface area contributed by atoms with E-state index in [4.69, 9.17) is 0 Å². The average molecular weight is 286 g/mol. The van der Waals surface area contributed by atoms with Crippen LogP contribution in [0.1, 0.15) is 9.75 Å². The predicted molar refractivity (Wildman–Crippen MR) is 54.7 cm³/mol. The van der Waals surface area contributed by atoms with Crippen LogP contribution in [0.25, 0.3) is 0 Å². The molecule has 0 amide bonds. The van der Waals surface area contributed by atoms with Gasteiger partial charge in [-0.1, -0.05) is 0 Å². The molecule has 1 aromatic heterocycles. The molecule has 0 aliphatic rings. The molecule has 0 spiro atoms. The topological polar surface area (TPSA) is 69.4 Å². The van der Waals surface area contributed by atoms with Crippen molar-refractivity contribution in [1.29, 1.82) is 0 Å². The van der Waals surface area contributed by atoms with Gasteiger partial charge in [0.15, 0.2) is 0 Å². The monoisotopic (exact) mass is 285 g/mol. The molecular formula is C6H8BrNO3S2. The SMILES string of the molecule is Cc1sc(COS(N)(=O)=O)cc1Br. The molecule has 1 rings (SSSR count). The summed E-state index contributed by atoms with van der Waals surface area (Å²) in [5.41, 5.74) is 0. The van der Waals surface area contributed by atoms with Crippen LogP contribution in [0.2, 0.25) is 0 Å². The van der Waals surface area contributed by atoms with Gasteiger partial charge < -0.3 is 0 Å². The van der Waals surface area contributed by atoms with E-state index in [9.17, 15) is 8.42 Å². The van der Waals surface area contributed by atoms with E-state index in [0.717, 1.165) is 14.2 Å². The molecule has 0 radical (unpaired) electrons. The zero-order chi connectivity index (χ0) is 10.1. The lowest BCUT2D eigenvalue weighted by atomic mass is 10.4. The molecule has 0 atom stereocenters. The Kier molecular flexibility index (Phi) is 3.47. The Hall–Kier alpha value is 0.0500. The molecule has 0 saturated carbocycles. The number of aryl methyl sites for hydroxylation is 1. The number of nitrogens with two attached hydrogens (primary N) is 1. The first-order valence-corrected chi connectivity index (χ1v) is 6.38. The van der Waals surface area contributed by atoms with Crippen molar-refractivity contribution >= 4 is 37.6 Å². The maximum absolute atomic E-state index is 10.4. The first-order valence-electron chi connectivity index (χ1n) is 3.30. The number of hydrogen-bond donors (Lipinski definition) is 1. The highest BCUT2D eigenvalue weighted by molar-refractivity contribution is 9.10. The summed E-state index contributed by atoms with van der Waals surface area (Å²) in [5, 5.41) is 4.67. The van der Waals surface area contributed by atoms with E-state index >= 15 is 0 Å². The first kappa shape index (κ1) is 11.1. The fraction of sp³-hybridized carbons (Fsp3) is 0.333. The lowest BCUT2D eigenvalue weighted by molar-refractivity contribution is 0.312. The van der Waals surface area contributed by atoms with Gasteiger partial charge in [-0.2, -0.15) is 8.42 Å². The van der Waals surface area contributed by atoms with Crippen LogP contribution < -0.4 is 5.14 Å². The molecule has 4 nitrogen and oxygen atoms in total. The van der Waals surface area contributed by atoms with Gasteiger partial charge in [-0.05, 0) is 28.9 Å².